The third kappa shape index (κ3) is 4.58. The molecular formula is C17H27NO2. The van der Waals surface area contributed by atoms with Crippen LogP contribution in [0.15, 0.2) is 24.3 Å². The minimum absolute atomic E-state index is 0.274. The van der Waals surface area contributed by atoms with Crippen LogP contribution in [0, 0.1) is 0 Å². The highest BCUT2D eigenvalue weighted by Gasteiger charge is 2.19. The molecule has 0 saturated carbocycles. The Morgan fingerprint density at radius 1 is 1.30 bits per heavy atom. The zero-order valence-corrected chi connectivity index (χ0v) is 12.7. The van der Waals surface area contributed by atoms with Gasteiger partial charge in [0.15, 0.2) is 0 Å². The van der Waals surface area contributed by atoms with Gasteiger partial charge in [0, 0.05) is 6.61 Å². The number of aryl methyl sites for hydroxylation is 1. The second kappa shape index (κ2) is 8.40. The molecule has 112 valence electrons. The standard InChI is InChI=1S/C17H27NO2/c1-3-10-18-17(13-20-16-9-11-19-12-16)15-7-5-14(4-2)6-8-15/h5-8,16-18H,3-4,9-13H2,1-2H3. The summed E-state index contributed by atoms with van der Waals surface area (Å²) in [6.45, 7) is 7.70. The molecule has 2 atom stereocenters. The van der Waals surface area contributed by atoms with Crippen LogP contribution in [0.25, 0.3) is 0 Å². The first-order valence-corrected chi connectivity index (χ1v) is 7.85. The van der Waals surface area contributed by atoms with Crippen LogP contribution >= 0.6 is 0 Å². The van der Waals surface area contributed by atoms with Crippen molar-refractivity contribution in [2.75, 3.05) is 26.4 Å². The van der Waals surface area contributed by atoms with Crippen LogP contribution in [0.5, 0.6) is 0 Å². The van der Waals surface area contributed by atoms with Crippen LogP contribution < -0.4 is 5.32 Å². The Hall–Kier alpha value is -0.900. The summed E-state index contributed by atoms with van der Waals surface area (Å²) in [7, 11) is 0. The van der Waals surface area contributed by atoms with Gasteiger partial charge in [-0.2, -0.15) is 0 Å². The first-order valence-electron chi connectivity index (χ1n) is 7.85. The van der Waals surface area contributed by atoms with E-state index in [4.69, 9.17) is 9.47 Å². The minimum atomic E-state index is 0.274. The molecule has 1 heterocycles. The normalized spacial score (nSPS) is 20.2. The van der Waals surface area contributed by atoms with Crippen LogP contribution in [-0.4, -0.2) is 32.5 Å². The van der Waals surface area contributed by atoms with Gasteiger partial charge >= 0.3 is 0 Å². The lowest BCUT2D eigenvalue weighted by Crippen LogP contribution is -2.28. The highest BCUT2D eigenvalue weighted by molar-refractivity contribution is 5.25. The zero-order valence-electron chi connectivity index (χ0n) is 12.7. The Morgan fingerprint density at radius 2 is 2.10 bits per heavy atom. The molecule has 1 aromatic rings. The van der Waals surface area contributed by atoms with Gasteiger partial charge in [0.1, 0.15) is 0 Å². The molecular weight excluding hydrogens is 250 g/mol. The Morgan fingerprint density at radius 3 is 2.70 bits per heavy atom. The summed E-state index contributed by atoms with van der Waals surface area (Å²) >= 11 is 0. The van der Waals surface area contributed by atoms with Crippen molar-refractivity contribution in [3.8, 4) is 0 Å². The van der Waals surface area contributed by atoms with Crippen molar-refractivity contribution in [1.29, 1.82) is 0 Å². The molecule has 0 amide bonds. The minimum Gasteiger partial charge on any atom is -0.379 e. The molecule has 0 spiro atoms. The quantitative estimate of drug-likeness (QED) is 0.792. The van der Waals surface area contributed by atoms with Gasteiger partial charge in [0.05, 0.1) is 25.4 Å². The van der Waals surface area contributed by atoms with Gasteiger partial charge in [0.25, 0.3) is 0 Å². The molecule has 3 heteroatoms. The third-order valence-corrected chi connectivity index (χ3v) is 3.82. The highest BCUT2D eigenvalue weighted by atomic mass is 16.5. The second-order valence-electron chi connectivity index (χ2n) is 5.42. The van der Waals surface area contributed by atoms with E-state index in [0.29, 0.717) is 0 Å². The monoisotopic (exact) mass is 277 g/mol. The fourth-order valence-electron chi connectivity index (χ4n) is 2.45. The summed E-state index contributed by atoms with van der Waals surface area (Å²) < 4.78 is 11.3. The summed E-state index contributed by atoms with van der Waals surface area (Å²) in [6.07, 6.45) is 3.52. The van der Waals surface area contributed by atoms with E-state index in [1.54, 1.807) is 0 Å². The number of hydrogen-bond donors (Lipinski definition) is 1. The first kappa shape index (κ1) is 15.5. The van der Waals surface area contributed by atoms with Crippen molar-refractivity contribution in [2.45, 2.75) is 45.3 Å². The van der Waals surface area contributed by atoms with Crippen LogP contribution in [-0.2, 0) is 15.9 Å². The van der Waals surface area contributed by atoms with Crippen molar-refractivity contribution < 1.29 is 9.47 Å². The number of nitrogens with one attached hydrogen (secondary N) is 1. The largest absolute Gasteiger partial charge is 0.379 e. The van der Waals surface area contributed by atoms with E-state index in [2.05, 4.69) is 43.4 Å². The number of hydrogen-bond acceptors (Lipinski definition) is 3. The Bertz CT molecular complexity index is 371. The summed E-state index contributed by atoms with van der Waals surface area (Å²) in [5, 5.41) is 3.58. The fourth-order valence-corrected chi connectivity index (χ4v) is 2.45. The van der Waals surface area contributed by atoms with E-state index >= 15 is 0 Å². The van der Waals surface area contributed by atoms with Gasteiger partial charge in [-0.15, -0.1) is 0 Å². The van der Waals surface area contributed by atoms with Gasteiger partial charge in [-0.25, -0.2) is 0 Å². The maximum Gasteiger partial charge on any atom is 0.0831 e. The van der Waals surface area contributed by atoms with E-state index in [1.165, 1.54) is 11.1 Å². The van der Waals surface area contributed by atoms with E-state index in [-0.39, 0.29) is 12.1 Å². The Balaban J connectivity index is 1.93. The maximum absolute atomic E-state index is 5.99. The lowest BCUT2D eigenvalue weighted by atomic mass is 10.0. The van der Waals surface area contributed by atoms with Gasteiger partial charge in [-0.3, -0.25) is 0 Å². The average Bonchev–Trinajstić information content (AvgIpc) is 3.01. The summed E-state index contributed by atoms with van der Waals surface area (Å²) in [5.74, 6) is 0. The van der Waals surface area contributed by atoms with Gasteiger partial charge in [-0.05, 0) is 36.9 Å². The van der Waals surface area contributed by atoms with Crippen molar-refractivity contribution >= 4 is 0 Å². The lowest BCUT2D eigenvalue weighted by Gasteiger charge is -2.21. The van der Waals surface area contributed by atoms with Crippen LogP contribution in [0.1, 0.15) is 43.9 Å². The number of rotatable bonds is 8. The number of benzene rings is 1. The van der Waals surface area contributed by atoms with Crippen LogP contribution in [0.3, 0.4) is 0 Å². The smallest absolute Gasteiger partial charge is 0.0831 e. The van der Waals surface area contributed by atoms with Crippen LogP contribution in [0.2, 0.25) is 0 Å². The Kier molecular flexibility index (Phi) is 6.51. The molecule has 0 radical (unpaired) electrons. The van der Waals surface area contributed by atoms with Crippen molar-refractivity contribution in [3.63, 3.8) is 0 Å². The average molecular weight is 277 g/mol. The molecule has 2 unspecified atom stereocenters. The zero-order chi connectivity index (χ0) is 14.2. The Labute approximate surface area is 122 Å². The van der Waals surface area contributed by atoms with E-state index in [1.807, 2.05) is 0 Å². The topological polar surface area (TPSA) is 30.5 Å². The summed E-state index contributed by atoms with van der Waals surface area (Å²) in [5.41, 5.74) is 2.70. The molecule has 1 aliphatic heterocycles. The van der Waals surface area contributed by atoms with E-state index in [0.717, 1.165) is 45.6 Å². The maximum atomic E-state index is 5.99. The van der Waals surface area contributed by atoms with E-state index < -0.39 is 0 Å². The summed E-state index contributed by atoms with van der Waals surface area (Å²) in [4.78, 5) is 0. The SMILES string of the molecule is CCCNC(COC1CCOC1)c1ccc(CC)cc1. The van der Waals surface area contributed by atoms with Gasteiger partial charge in [0.2, 0.25) is 0 Å². The van der Waals surface area contributed by atoms with Gasteiger partial charge < -0.3 is 14.8 Å². The van der Waals surface area contributed by atoms with E-state index in [9.17, 15) is 0 Å². The highest BCUT2D eigenvalue weighted by Crippen LogP contribution is 2.17. The predicted octanol–water partition coefficient (Wildman–Crippen LogP) is 3.10. The third-order valence-electron chi connectivity index (χ3n) is 3.82. The van der Waals surface area contributed by atoms with Crippen molar-refractivity contribution in [2.24, 2.45) is 0 Å². The van der Waals surface area contributed by atoms with Crippen LogP contribution in [0.4, 0.5) is 0 Å². The molecule has 0 aliphatic carbocycles. The molecule has 20 heavy (non-hydrogen) atoms. The molecule has 0 aromatic heterocycles. The molecule has 1 N–H and O–H groups in total. The fraction of sp³-hybridized carbons (Fsp3) is 0.647. The second-order valence-corrected chi connectivity index (χ2v) is 5.42. The molecule has 1 aliphatic rings. The molecule has 1 saturated heterocycles. The van der Waals surface area contributed by atoms with Crippen molar-refractivity contribution in [3.05, 3.63) is 35.4 Å². The van der Waals surface area contributed by atoms with Gasteiger partial charge in [-0.1, -0.05) is 38.1 Å². The first-order chi connectivity index (χ1) is 9.83. The molecule has 1 aromatic carbocycles. The molecule has 2 rings (SSSR count). The molecule has 0 bridgehead atoms. The lowest BCUT2D eigenvalue weighted by molar-refractivity contribution is 0.0297. The summed E-state index contributed by atoms with van der Waals surface area (Å²) in [6, 6.07) is 9.16. The predicted molar refractivity (Wildman–Crippen MR) is 82.0 cm³/mol. The number of ether oxygens (including phenoxy) is 2. The molecule has 3 nitrogen and oxygen atoms in total. The van der Waals surface area contributed by atoms with Crippen molar-refractivity contribution in [1.82, 2.24) is 5.32 Å². The molecule has 1 fully saturated rings.